The van der Waals surface area contributed by atoms with Gasteiger partial charge in [-0.1, -0.05) is 37.6 Å². The fourth-order valence-corrected chi connectivity index (χ4v) is 2.78. The average molecular weight is 323 g/mol. The Morgan fingerprint density at radius 1 is 1.00 bits per heavy atom. The van der Waals surface area contributed by atoms with Crippen LogP contribution in [0.4, 0.5) is 0 Å². The van der Waals surface area contributed by atoms with Gasteiger partial charge in [0, 0.05) is 10.9 Å². The summed E-state index contributed by atoms with van der Waals surface area (Å²) in [6, 6.07) is 10.0. The summed E-state index contributed by atoms with van der Waals surface area (Å²) in [6.07, 6.45) is 0. The van der Waals surface area contributed by atoms with Crippen molar-refractivity contribution in [3.8, 4) is 11.5 Å². The number of hydrogen-bond acceptors (Lipinski definition) is 1. The highest BCUT2D eigenvalue weighted by atomic mass is 35.5. The van der Waals surface area contributed by atoms with Crippen LogP contribution in [0.2, 0.25) is 5.02 Å². The molecule has 0 fully saturated rings. The summed E-state index contributed by atoms with van der Waals surface area (Å²) in [4.78, 5) is 0. The first-order valence-electron chi connectivity index (χ1n) is 7.05. The number of aryl methyl sites for hydroxylation is 2. The number of benzene rings is 2. The van der Waals surface area contributed by atoms with Gasteiger partial charge in [0.05, 0.1) is 0 Å². The monoisotopic (exact) mass is 322 g/mol. The Balaban J connectivity index is 2.42. The van der Waals surface area contributed by atoms with Gasteiger partial charge in [-0.15, -0.1) is 11.6 Å². The lowest BCUT2D eigenvalue weighted by Gasteiger charge is -2.16. The zero-order valence-electron chi connectivity index (χ0n) is 12.8. The minimum Gasteiger partial charge on any atom is -0.457 e. The van der Waals surface area contributed by atoms with E-state index in [4.69, 9.17) is 27.9 Å². The SMILES string of the molecule is Cc1ccc(CCl)cc1Oc1cc(C(C)C)c(Cl)cc1C. The Labute approximate surface area is 136 Å². The van der Waals surface area contributed by atoms with E-state index >= 15 is 0 Å². The second kappa shape index (κ2) is 6.72. The second-order valence-corrected chi connectivity index (χ2v) is 6.30. The molecule has 0 saturated heterocycles. The quantitative estimate of drug-likeness (QED) is 0.575. The van der Waals surface area contributed by atoms with E-state index in [0.29, 0.717) is 11.8 Å². The molecule has 0 atom stereocenters. The van der Waals surface area contributed by atoms with Gasteiger partial charge in [0.1, 0.15) is 11.5 Å². The summed E-state index contributed by atoms with van der Waals surface area (Å²) in [7, 11) is 0. The van der Waals surface area contributed by atoms with Crippen molar-refractivity contribution in [2.45, 2.75) is 39.5 Å². The van der Waals surface area contributed by atoms with Crippen LogP contribution in [0.15, 0.2) is 30.3 Å². The largest absolute Gasteiger partial charge is 0.457 e. The summed E-state index contributed by atoms with van der Waals surface area (Å²) in [5.74, 6) is 2.52. The van der Waals surface area contributed by atoms with Crippen molar-refractivity contribution >= 4 is 23.2 Å². The van der Waals surface area contributed by atoms with Crippen LogP contribution in [0.3, 0.4) is 0 Å². The number of ether oxygens (including phenoxy) is 1. The van der Waals surface area contributed by atoms with Crippen molar-refractivity contribution in [2.24, 2.45) is 0 Å². The van der Waals surface area contributed by atoms with Gasteiger partial charge >= 0.3 is 0 Å². The van der Waals surface area contributed by atoms with Crippen molar-refractivity contribution in [1.82, 2.24) is 0 Å². The number of rotatable bonds is 4. The average Bonchev–Trinajstić information content (AvgIpc) is 2.43. The highest BCUT2D eigenvalue weighted by molar-refractivity contribution is 6.31. The predicted molar refractivity (Wildman–Crippen MR) is 91.1 cm³/mol. The molecule has 2 aromatic carbocycles. The Bertz CT molecular complexity index is 648. The molecule has 1 nitrogen and oxygen atoms in total. The van der Waals surface area contributed by atoms with E-state index in [9.17, 15) is 0 Å². The molecule has 0 amide bonds. The first kappa shape index (κ1) is 16.2. The van der Waals surface area contributed by atoms with Gasteiger partial charge in [0.15, 0.2) is 0 Å². The van der Waals surface area contributed by atoms with Crippen molar-refractivity contribution in [3.05, 3.63) is 57.6 Å². The lowest BCUT2D eigenvalue weighted by molar-refractivity contribution is 0.473. The second-order valence-electron chi connectivity index (χ2n) is 5.63. The molecule has 112 valence electrons. The molecule has 0 bridgehead atoms. The summed E-state index contributed by atoms with van der Waals surface area (Å²) in [6.45, 7) is 8.29. The van der Waals surface area contributed by atoms with Gasteiger partial charge in [0.2, 0.25) is 0 Å². The van der Waals surface area contributed by atoms with Crippen LogP contribution >= 0.6 is 23.2 Å². The molecule has 0 saturated carbocycles. The first-order valence-corrected chi connectivity index (χ1v) is 7.97. The maximum Gasteiger partial charge on any atom is 0.130 e. The van der Waals surface area contributed by atoms with Crippen LogP contribution in [0, 0.1) is 13.8 Å². The summed E-state index contributed by atoms with van der Waals surface area (Å²) in [5, 5.41) is 0.793. The first-order chi connectivity index (χ1) is 9.92. The minimum atomic E-state index is 0.357. The van der Waals surface area contributed by atoms with Crippen molar-refractivity contribution < 1.29 is 4.74 Å². The van der Waals surface area contributed by atoms with E-state index < -0.39 is 0 Å². The molecule has 0 unspecified atom stereocenters. The molecule has 0 aliphatic carbocycles. The van der Waals surface area contributed by atoms with Gasteiger partial charge in [-0.05, 0) is 60.2 Å². The van der Waals surface area contributed by atoms with Gasteiger partial charge in [-0.3, -0.25) is 0 Å². The van der Waals surface area contributed by atoms with E-state index in [0.717, 1.165) is 38.8 Å². The molecule has 21 heavy (non-hydrogen) atoms. The third kappa shape index (κ3) is 3.72. The fourth-order valence-electron chi connectivity index (χ4n) is 2.18. The van der Waals surface area contributed by atoms with Crippen molar-refractivity contribution in [3.63, 3.8) is 0 Å². The molecule has 0 N–H and O–H groups in total. The van der Waals surface area contributed by atoms with Gasteiger partial charge in [-0.25, -0.2) is 0 Å². The van der Waals surface area contributed by atoms with Crippen LogP contribution in [-0.2, 0) is 5.88 Å². The normalized spacial score (nSPS) is 11.0. The van der Waals surface area contributed by atoms with Crippen LogP contribution in [0.5, 0.6) is 11.5 Å². The van der Waals surface area contributed by atoms with Gasteiger partial charge in [0.25, 0.3) is 0 Å². The highest BCUT2D eigenvalue weighted by Crippen LogP contribution is 2.35. The van der Waals surface area contributed by atoms with Gasteiger partial charge < -0.3 is 4.74 Å². The molecule has 2 rings (SSSR count). The molecule has 0 aliphatic rings. The maximum absolute atomic E-state index is 6.31. The number of halogens is 2. The van der Waals surface area contributed by atoms with Gasteiger partial charge in [-0.2, -0.15) is 0 Å². The molecular weight excluding hydrogens is 303 g/mol. The van der Waals surface area contributed by atoms with E-state index in [2.05, 4.69) is 13.8 Å². The summed E-state index contributed by atoms with van der Waals surface area (Å²) in [5.41, 5.74) is 4.26. The smallest absolute Gasteiger partial charge is 0.130 e. The molecule has 0 aromatic heterocycles. The van der Waals surface area contributed by atoms with Crippen LogP contribution < -0.4 is 4.74 Å². The summed E-state index contributed by atoms with van der Waals surface area (Å²) >= 11 is 12.2. The molecule has 3 heteroatoms. The number of alkyl halides is 1. The Kier molecular flexibility index (Phi) is 5.18. The molecule has 0 radical (unpaired) electrons. The molecular formula is C18H20Cl2O. The van der Waals surface area contributed by atoms with Crippen molar-refractivity contribution in [2.75, 3.05) is 0 Å². The zero-order valence-corrected chi connectivity index (χ0v) is 14.3. The van der Waals surface area contributed by atoms with Crippen LogP contribution in [0.25, 0.3) is 0 Å². The highest BCUT2D eigenvalue weighted by Gasteiger charge is 2.12. The molecule has 2 aromatic rings. The third-order valence-corrected chi connectivity index (χ3v) is 4.18. The fraction of sp³-hybridized carbons (Fsp3) is 0.333. The molecule has 0 aliphatic heterocycles. The van der Waals surface area contributed by atoms with E-state index in [1.807, 2.05) is 44.2 Å². The minimum absolute atomic E-state index is 0.357. The topological polar surface area (TPSA) is 9.23 Å². The van der Waals surface area contributed by atoms with Crippen molar-refractivity contribution in [1.29, 1.82) is 0 Å². The Morgan fingerprint density at radius 2 is 1.67 bits per heavy atom. The summed E-state index contributed by atoms with van der Waals surface area (Å²) < 4.78 is 6.11. The van der Waals surface area contributed by atoms with Crippen LogP contribution in [-0.4, -0.2) is 0 Å². The zero-order chi connectivity index (χ0) is 15.6. The third-order valence-electron chi connectivity index (χ3n) is 3.54. The van der Waals surface area contributed by atoms with E-state index in [-0.39, 0.29) is 0 Å². The lowest BCUT2D eigenvalue weighted by atomic mass is 10.0. The van der Waals surface area contributed by atoms with E-state index in [1.54, 1.807) is 0 Å². The molecule has 0 spiro atoms. The lowest BCUT2D eigenvalue weighted by Crippen LogP contribution is -1.96. The Hall–Kier alpha value is -1.18. The standard InChI is InChI=1S/C18H20Cl2O/c1-11(2)15-9-18(13(4)7-16(15)20)21-17-8-14(10-19)6-5-12(17)3/h5-9,11H,10H2,1-4H3. The van der Waals surface area contributed by atoms with E-state index in [1.165, 1.54) is 0 Å². The maximum atomic E-state index is 6.31. The van der Waals surface area contributed by atoms with Crippen LogP contribution in [0.1, 0.15) is 42.0 Å². The predicted octanol–water partition coefficient (Wildman–Crippen LogP) is 6.61. The molecule has 0 heterocycles. The Morgan fingerprint density at radius 3 is 2.29 bits per heavy atom. The number of hydrogen-bond donors (Lipinski definition) is 0.